The Labute approximate surface area is 120 Å². The highest BCUT2D eigenvalue weighted by molar-refractivity contribution is 6.04. The van der Waals surface area contributed by atoms with E-state index in [2.05, 4.69) is 15.4 Å². The van der Waals surface area contributed by atoms with Gasteiger partial charge in [0.15, 0.2) is 0 Å². The standard InChI is InChI=1S/C15H13FN2O3/c1-21-15(20)18-13-9-11(7-8-12(13)16)17-14(19)10-5-3-2-4-6-10/h2-9H,1H3,(H,17,19)(H,18,20). The fraction of sp³-hybridized carbons (Fsp3) is 0.0667. The largest absolute Gasteiger partial charge is 0.453 e. The molecule has 0 atom stereocenters. The molecule has 0 aliphatic rings. The number of halogens is 1. The summed E-state index contributed by atoms with van der Waals surface area (Å²) in [6, 6.07) is 12.5. The minimum Gasteiger partial charge on any atom is -0.453 e. The van der Waals surface area contributed by atoms with Crippen molar-refractivity contribution in [2.75, 3.05) is 17.7 Å². The summed E-state index contributed by atoms with van der Waals surface area (Å²) in [7, 11) is 1.17. The quantitative estimate of drug-likeness (QED) is 0.911. The number of hydrogen-bond donors (Lipinski definition) is 2. The van der Waals surface area contributed by atoms with Crippen LogP contribution in [0, 0.1) is 5.82 Å². The highest BCUT2D eigenvalue weighted by atomic mass is 19.1. The summed E-state index contributed by atoms with van der Waals surface area (Å²) < 4.78 is 17.9. The molecule has 2 aromatic rings. The fourth-order valence-electron chi connectivity index (χ4n) is 1.65. The van der Waals surface area contributed by atoms with E-state index in [4.69, 9.17) is 0 Å². The second kappa shape index (κ2) is 6.51. The number of methoxy groups -OCH3 is 1. The molecule has 0 unspecified atom stereocenters. The predicted molar refractivity (Wildman–Crippen MR) is 76.8 cm³/mol. The molecule has 0 saturated carbocycles. The van der Waals surface area contributed by atoms with Gasteiger partial charge in [-0.1, -0.05) is 18.2 Å². The highest BCUT2D eigenvalue weighted by Gasteiger charge is 2.10. The fourth-order valence-corrected chi connectivity index (χ4v) is 1.65. The van der Waals surface area contributed by atoms with Crippen molar-refractivity contribution in [2.24, 2.45) is 0 Å². The Kier molecular flexibility index (Phi) is 4.50. The van der Waals surface area contributed by atoms with Crippen LogP contribution in [0.5, 0.6) is 0 Å². The van der Waals surface area contributed by atoms with Gasteiger partial charge in [0, 0.05) is 11.3 Å². The molecule has 0 fully saturated rings. The van der Waals surface area contributed by atoms with E-state index in [0.29, 0.717) is 11.3 Å². The number of anilines is 2. The summed E-state index contributed by atoms with van der Waals surface area (Å²) in [6.07, 6.45) is -0.791. The maximum Gasteiger partial charge on any atom is 0.411 e. The molecule has 0 heterocycles. The lowest BCUT2D eigenvalue weighted by atomic mass is 10.2. The lowest BCUT2D eigenvalue weighted by molar-refractivity contribution is 0.102. The first kappa shape index (κ1) is 14.5. The first-order valence-electron chi connectivity index (χ1n) is 6.11. The average Bonchev–Trinajstić information content (AvgIpc) is 2.51. The van der Waals surface area contributed by atoms with Crippen LogP contribution >= 0.6 is 0 Å². The SMILES string of the molecule is COC(=O)Nc1cc(NC(=O)c2ccccc2)ccc1F. The van der Waals surface area contributed by atoms with Crippen LogP contribution in [0.1, 0.15) is 10.4 Å². The summed E-state index contributed by atoms with van der Waals surface area (Å²) in [4.78, 5) is 23.1. The Bertz CT molecular complexity index is 659. The number of benzene rings is 2. The van der Waals surface area contributed by atoms with Gasteiger partial charge < -0.3 is 10.1 Å². The van der Waals surface area contributed by atoms with Crippen LogP contribution in [0.3, 0.4) is 0 Å². The van der Waals surface area contributed by atoms with E-state index in [1.807, 2.05) is 0 Å². The number of carbonyl (C=O) groups is 2. The van der Waals surface area contributed by atoms with E-state index in [9.17, 15) is 14.0 Å². The number of amides is 2. The van der Waals surface area contributed by atoms with Crippen LogP contribution in [0.15, 0.2) is 48.5 Å². The van der Waals surface area contributed by atoms with Crippen molar-refractivity contribution >= 4 is 23.4 Å². The minimum absolute atomic E-state index is 0.0762. The zero-order chi connectivity index (χ0) is 15.2. The minimum atomic E-state index is -0.791. The Hall–Kier alpha value is -2.89. The molecule has 2 N–H and O–H groups in total. The zero-order valence-corrected chi connectivity index (χ0v) is 11.2. The van der Waals surface area contributed by atoms with Gasteiger partial charge in [0.25, 0.3) is 5.91 Å². The predicted octanol–water partition coefficient (Wildman–Crippen LogP) is 3.26. The van der Waals surface area contributed by atoms with Crippen molar-refractivity contribution in [1.29, 1.82) is 0 Å². The molecule has 0 bridgehead atoms. The van der Waals surface area contributed by atoms with Gasteiger partial charge in [0.2, 0.25) is 0 Å². The van der Waals surface area contributed by atoms with E-state index in [-0.39, 0.29) is 11.6 Å². The maximum absolute atomic E-state index is 13.5. The Morgan fingerprint density at radius 1 is 1.05 bits per heavy atom. The van der Waals surface area contributed by atoms with Gasteiger partial charge >= 0.3 is 6.09 Å². The molecular weight excluding hydrogens is 275 g/mol. The van der Waals surface area contributed by atoms with Crippen LogP contribution in [-0.2, 0) is 4.74 Å². The van der Waals surface area contributed by atoms with Crippen LogP contribution in [0.2, 0.25) is 0 Å². The van der Waals surface area contributed by atoms with Gasteiger partial charge in [-0.3, -0.25) is 10.1 Å². The highest BCUT2D eigenvalue weighted by Crippen LogP contribution is 2.20. The van der Waals surface area contributed by atoms with Gasteiger partial charge in [-0.15, -0.1) is 0 Å². The molecule has 21 heavy (non-hydrogen) atoms. The summed E-state index contributed by atoms with van der Waals surface area (Å²) >= 11 is 0. The van der Waals surface area contributed by atoms with Crippen molar-refractivity contribution < 1.29 is 18.7 Å². The number of nitrogens with one attached hydrogen (secondary N) is 2. The topological polar surface area (TPSA) is 67.4 Å². The first-order valence-corrected chi connectivity index (χ1v) is 6.11. The van der Waals surface area contributed by atoms with Gasteiger partial charge in [0.05, 0.1) is 12.8 Å². The Morgan fingerprint density at radius 3 is 2.43 bits per heavy atom. The molecule has 2 rings (SSSR count). The molecule has 0 saturated heterocycles. The van der Waals surface area contributed by atoms with E-state index in [1.54, 1.807) is 30.3 Å². The third kappa shape index (κ3) is 3.79. The molecule has 2 aromatic carbocycles. The Morgan fingerprint density at radius 2 is 1.76 bits per heavy atom. The van der Waals surface area contributed by atoms with E-state index < -0.39 is 11.9 Å². The summed E-state index contributed by atoms with van der Waals surface area (Å²) in [5.74, 6) is -0.954. The van der Waals surface area contributed by atoms with Crippen molar-refractivity contribution in [3.8, 4) is 0 Å². The number of rotatable bonds is 3. The first-order chi connectivity index (χ1) is 10.1. The normalized spacial score (nSPS) is 9.81. The summed E-state index contributed by atoms with van der Waals surface area (Å²) in [6.45, 7) is 0. The molecule has 0 spiro atoms. The van der Waals surface area contributed by atoms with Crippen molar-refractivity contribution in [1.82, 2.24) is 0 Å². The molecule has 2 amide bonds. The molecule has 0 aliphatic carbocycles. The van der Waals surface area contributed by atoms with Crippen molar-refractivity contribution in [3.05, 3.63) is 59.9 Å². The van der Waals surface area contributed by atoms with E-state index in [0.717, 1.165) is 6.07 Å². The van der Waals surface area contributed by atoms with Crippen LogP contribution < -0.4 is 10.6 Å². The third-order valence-corrected chi connectivity index (χ3v) is 2.68. The van der Waals surface area contributed by atoms with Crippen LogP contribution in [0.25, 0.3) is 0 Å². The van der Waals surface area contributed by atoms with Crippen LogP contribution in [0.4, 0.5) is 20.6 Å². The second-order valence-corrected chi connectivity index (χ2v) is 4.13. The lowest BCUT2D eigenvalue weighted by Gasteiger charge is -2.09. The average molecular weight is 288 g/mol. The van der Waals surface area contributed by atoms with Gasteiger partial charge in [-0.25, -0.2) is 9.18 Å². The summed E-state index contributed by atoms with van der Waals surface area (Å²) in [5.41, 5.74) is 0.758. The molecule has 6 heteroatoms. The van der Waals surface area contributed by atoms with Gasteiger partial charge in [-0.2, -0.15) is 0 Å². The number of hydrogen-bond acceptors (Lipinski definition) is 3. The third-order valence-electron chi connectivity index (χ3n) is 2.68. The zero-order valence-electron chi connectivity index (χ0n) is 11.2. The van der Waals surface area contributed by atoms with E-state index >= 15 is 0 Å². The molecular formula is C15H13FN2O3. The maximum atomic E-state index is 13.5. The molecule has 0 aliphatic heterocycles. The van der Waals surface area contributed by atoms with Gasteiger partial charge in [0.1, 0.15) is 5.82 Å². The number of ether oxygens (including phenoxy) is 1. The lowest BCUT2D eigenvalue weighted by Crippen LogP contribution is -2.14. The second-order valence-electron chi connectivity index (χ2n) is 4.13. The van der Waals surface area contributed by atoms with Gasteiger partial charge in [-0.05, 0) is 30.3 Å². The molecule has 0 aromatic heterocycles. The Balaban J connectivity index is 2.16. The number of carbonyl (C=O) groups excluding carboxylic acids is 2. The van der Waals surface area contributed by atoms with E-state index in [1.165, 1.54) is 19.2 Å². The smallest absolute Gasteiger partial charge is 0.411 e. The molecule has 5 nitrogen and oxygen atoms in total. The summed E-state index contributed by atoms with van der Waals surface area (Å²) in [5, 5.41) is 4.85. The monoisotopic (exact) mass is 288 g/mol. The van der Waals surface area contributed by atoms with Crippen molar-refractivity contribution in [2.45, 2.75) is 0 Å². The molecule has 108 valence electrons. The molecule has 0 radical (unpaired) electrons. The van der Waals surface area contributed by atoms with Crippen LogP contribution in [-0.4, -0.2) is 19.1 Å². The van der Waals surface area contributed by atoms with Crippen molar-refractivity contribution in [3.63, 3.8) is 0 Å².